The quantitative estimate of drug-likeness (QED) is 0.241. The van der Waals surface area contributed by atoms with Crippen LogP contribution in [-0.2, 0) is 17.8 Å². The number of aryl methyl sites for hydroxylation is 1. The molecule has 1 heterocycles. The van der Waals surface area contributed by atoms with Gasteiger partial charge in [0.2, 0.25) is 0 Å². The highest BCUT2D eigenvalue weighted by Crippen LogP contribution is 2.21. The Balaban J connectivity index is 1.39. The summed E-state index contributed by atoms with van der Waals surface area (Å²) in [5.41, 5.74) is 1.40. The Morgan fingerprint density at radius 3 is 2.35 bits per heavy atom. The maximum Gasteiger partial charge on any atom is 0.349 e. The summed E-state index contributed by atoms with van der Waals surface area (Å²) >= 11 is 0. The molecule has 7 heteroatoms. The van der Waals surface area contributed by atoms with E-state index in [2.05, 4.69) is 12.2 Å². The van der Waals surface area contributed by atoms with Crippen molar-refractivity contribution in [1.29, 1.82) is 0 Å². The molecular formula is C27H23NO6. The first-order valence-electron chi connectivity index (χ1n) is 10.8. The van der Waals surface area contributed by atoms with Crippen molar-refractivity contribution in [3.8, 4) is 11.5 Å². The fourth-order valence-corrected chi connectivity index (χ4v) is 3.31. The lowest BCUT2D eigenvalue weighted by Gasteiger charge is -2.08. The number of benzene rings is 3. The lowest BCUT2D eigenvalue weighted by atomic mass is 10.1. The van der Waals surface area contributed by atoms with Crippen molar-refractivity contribution in [3.05, 3.63) is 106 Å². The molecule has 0 aliphatic heterocycles. The third-order valence-corrected chi connectivity index (χ3v) is 5.17. The van der Waals surface area contributed by atoms with Gasteiger partial charge in [0, 0.05) is 18.0 Å². The molecule has 0 saturated carbocycles. The van der Waals surface area contributed by atoms with Gasteiger partial charge in [0.1, 0.15) is 22.6 Å². The lowest BCUT2D eigenvalue weighted by molar-refractivity contribution is -0.136. The Labute approximate surface area is 195 Å². The average molecular weight is 457 g/mol. The molecule has 0 spiro atoms. The predicted molar refractivity (Wildman–Crippen MR) is 127 cm³/mol. The van der Waals surface area contributed by atoms with Gasteiger partial charge in [-0.2, -0.15) is 0 Å². The molecule has 1 amide bonds. The number of nitrogens with one attached hydrogen (secondary N) is 1. The Kier molecular flexibility index (Phi) is 7.03. The molecule has 4 rings (SSSR count). The van der Waals surface area contributed by atoms with Crippen molar-refractivity contribution >= 4 is 22.8 Å². The molecule has 0 unspecified atom stereocenters. The zero-order chi connectivity index (χ0) is 23.9. The second-order valence-corrected chi connectivity index (χ2v) is 7.58. The number of rotatable bonds is 8. The first-order chi connectivity index (χ1) is 16.5. The van der Waals surface area contributed by atoms with E-state index < -0.39 is 17.5 Å². The third kappa shape index (κ3) is 5.69. The second kappa shape index (κ2) is 10.5. The molecular weight excluding hydrogens is 434 g/mol. The minimum atomic E-state index is -0.777. The highest BCUT2D eigenvalue weighted by molar-refractivity contribution is 5.96. The van der Waals surface area contributed by atoms with E-state index in [-0.39, 0.29) is 30.0 Å². The topological polar surface area (TPSA) is 94.8 Å². The Hall–Kier alpha value is -4.39. The number of carbonyl (C=O) groups is 2. The van der Waals surface area contributed by atoms with Gasteiger partial charge >= 0.3 is 11.6 Å². The smallest absolute Gasteiger partial charge is 0.349 e. The molecule has 0 aliphatic rings. The molecule has 7 nitrogen and oxygen atoms in total. The van der Waals surface area contributed by atoms with Gasteiger partial charge in [-0.15, -0.1) is 0 Å². The van der Waals surface area contributed by atoms with E-state index in [0.717, 1.165) is 12.0 Å². The summed E-state index contributed by atoms with van der Waals surface area (Å²) in [5, 5.41) is 3.23. The summed E-state index contributed by atoms with van der Waals surface area (Å²) in [6.07, 6.45) is 0.917. The fourth-order valence-electron chi connectivity index (χ4n) is 3.31. The van der Waals surface area contributed by atoms with Crippen LogP contribution in [0.25, 0.3) is 11.0 Å². The molecule has 0 saturated heterocycles. The number of hydrogen-bond acceptors (Lipinski definition) is 6. The second-order valence-electron chi connectivity index (χ2n) is 7.58. The summed E-state index contributed by atoms with van der Waals surface area (Å²) in [7, 11) is 0. The largest absolute Gasteiger partial charge is 0.482 e. The van der Waals surface area contributed by atoms with Gasteiger partial charge in [0.15, 0.2) is 6.61 Å². The monoisotopic (exact) mass is 457 g/mol. The number of ether oxygens (including phenoxy) is 2. The number of esters is 1. The summed E-state index contributed by atoms with van der Waals surface area (Å²) in [6.45, 7) is 2.07. The molecule has 172 valence electrons. The molecule has 0 bridgehead atoms. The first-order valence-corrected chi connectivity index (χ1v) is 10.8. The molecule has 0 fully saturated rings. The van der Waals surface area contributed by atoms with Crippen molar-refractivity contribution in [2.75, 3.05) is 6.61 Å². The Bertz CT molecular complexity index is 1360. The molecule has 1 N–H and O–H groups in total. The van der Waals surface area contributed by atoms with Crippen molar-refractivity contribution in [3.63, 3.8) is 0 Å². The Morgan fingerprint density at radius 2 is 1.62 bits per heavy atom. The van der Waals surface area contributed by atoms with Crippen molar-refractivity contribution < 1.29 is 23.5 Å². The average Bonchev–Trinajstić information content (AvgIpc) is 2.86. The normalized spacial score (nSPS) is 10.6. The van der Waals surface area contributed by atoms with Crippen LogP contribution in [0.2, 0.25) is 0 Å². The zero-order valence-corrected chi connectivity index (χ0v) is 18.6. The van der Waals surface area contributed by atoms with Crippen LogP contribution in [0.1, 0.15) is 28.4 Å². The summed E-state index contributed by atoms with van der Waals surface area (Å²) in [5.74, 6) is -0.360. The summed E-state index contributed by atoms with van der Waals surface area (Å²) in [4.78, 5) is 37.0. The minimum Gasteiger partial charge on any atom is -0.482 e. The van der Waals surface area contributed by atoms with Crippen LogP contribution in [-0.4, -0.2) is 18.5 Å². The molecule has 3 aromatic carbocycles. The van der Waals surface area contributed by atoms with Gasteiger partial charge in [-0.3, -0.25) is 4.79 Å². The first kappa shape index (κ1) is 22.8. The molecule has 34 heavy (non-hydrogen) atoms. The molecule has 0 atom stereocenters. The molecule has 0 radical (unpaired) electrons. The zero-order valence-electron chi connectivity index (χ0n) is 18.6. The molecule has 4 aromatic rings. The van der Waals surface area contributed by atoms with E-state index in [1.165, 1.54) is 17.7 Å². The maximum atomic E-state index is 12.5. The van der Waals surface area contributed by atoms with Crippen LogP contribution in [0.3, 0.4) is 0 Å². The number of carbonyl (C=O) groups excluding carboxylic acids is 2. The van der Waals surface area contributed by atoms with E-state index in [0.29, 0.717) is 11.1 Å². The molecule has 0 aliphatic carbocycles. The number of hydrogen-bond donors (Lipinski definition) is 1. The van der Waals surface area contributed by atoms with E-state index in [1.54, 1.807) is 24.3 Å². The van der Waals surface area contributed by atoms with Gasteiger partial charge in [-0.05, 0) is 47.9 Å². The maximum absolute atomic E-state index is 12.5. The minimum absolute atomic E-state index is 0.101. The highest BCUT2D eigenvalue weighted by Gasteiger charge is 2.15. The van der Waals surface area contributed by atoms with Gasteiger partial charge < -0.3 is 19.2 Å². The third-order valence-electron chi connectivity index (χ3n) is 5.17. The van der Waals surface area contributed by atoms with Crippen molar-refractivity contribution in [1.82, 2.24) is 5.32 Å². The van der Waals surface area contributed by atoms with Gasteiger partial charge in [-0.25, -0.2) is 9.59 Å². The van der Waals surface area contributed by atoms with Crippen LogP contribution >= 0.6 is 0 Å². The van der Waals surface area contributed by atoms with Crippen molar-refractivity contribution in [2.24, 2.45) is 0 Å². The van der Waals surface area contributed by atoms with Gasteiger partial charge in [-0.1, -0.05) is 49.4 Å². The standard InChI is InChI=1S/C27H23NO6/c1-2-18-8-11-21(12-9-18)32-17-25(29)33-22-13-10-20-14-23(27(31)34-24(20)15-22)26(30)28-16-19-6-4-3-5-7-19/h3-15H,2,16-17H2,1H3,(H,28,30). The van der Waals surface area contributed by atoms with Crippen LogP contribution in [0.4, 0.5) is 0 Å². The fraction of sp³-hybridized carbons (Fsp3) is 0.148. The van der Waals surface area contributed by atoms with E-state index in [9.17, 15) is 14.4 Å². The number of amides is 1. The summed E-state index contributed by atoms with van der Waals surface area (Å²) in [6, 6.07) is 22.9. The predicted octanol–water partition coefficient (Wildman–Crippen LogP) is 4.27. The molecule has 1 aromatic heterocycles. The highest BCUT2D eigenvalue weighted by atomic mass is 16.6. The van der Waals surface area contributed by atoms with E-state index in [1.807, 2.05) is 42.5 Å². The van der Waals surface area contributed by atoms with Crippen LogP contribution < -0.4 is 20.4 Å². The lowest BCUT2D eigenvalue weighted by Crippen LogP contribution is -2.27. The Morgan fingerprint density at radius 1 is 0.882 bits per heavy atom. The number of fused-ring (bicyclic) bond motifs is 1. The van der Waals surface area contributed by atoms with Crippen LogP contribution in [0.5, 0.6) is 11.5 Å². The van der Waals surface area contributed by atoms with Gasteiger partial charge in [0.05, 0.1) is 0 Å². The van der Waals surface area contributed by atoms with Crippen molar-refractivity contribution in [2.45, 2.75) is 19.9 Å². The van der Waals surface area contributed by atoms with E-state index in [4.69, 9.17) is 13.9 Å². The SMILES string of the molecule is CCc1ccc(OCC(=O)Oc2ccc3cc(C(=O)NCc4ccccc4)c(=O)oc3c2)cc1. The van der Waals surface area contributed by atoms with Crippen LogP contribution in [0, 0.1) is 0 Å². The van der Waals surface area contributed by atoms with E-state index >= 15 is 0 Å². The van der Waals surface area contributed by atoms with Gasteiger partial charge in [0.25, 0.3) is 5.91 Å². The summed E-state index contributed by atoms with van der Waals surface area (Å²) < 4.78 is 16.0. The van der Waals surface area contributed by atoms with Crippen LogP contribution in [0.15, 0.2) is 88.1 Å².